The minimum absolute atomic E-state index is 0.0768. The predicted molar refractivity (Wildman–Crippen MR) is 52.0 cm³/mol. The van der Waals surface area contributed by atoms with Gasteiger partial charge in [-0.2, -0.15) is 0 Å². The molecule has 0 spiro atoms. The van der Waals surface area contributed by atoms with E-state index in [-0.39, 0.29) is 23.9 Å². The number of ether oxygens (including phenoxy) is 1. The van der Waals surface area contributed by atoms with Crippen molar-refractivity contribution in [2.45, 2.75) is 0 Å². The van der Waals surface area contributed by atoms with Crippen LogP contribution in [-0.2, 0) is 0 Å². The Morgan fingerprint density at radius 1 is 1.67 bits per heavy atom. The summed E-state index contributed by atoms with van der Waals surface area (Å²) in [6.45, 7) is -0.127. The zero-order chi connectivity index (χ0) is 11.3. The van der Waals surface area contributed by atoms with Gasteiger partial charge in [-0.15, -0.1) is 0 Å². The highest BCUT2D eigenvalue weighted by Gasteiger charge is 2.06. The summed E-state index contributed by atoms with van der Waals surface area (Å²) in [5.74, 6) is 0.178. The summed E-state index contributed by atoms with van der Waals surface area (Å²) in [7, 11) is 0. The SMILES string of the molecule is N/C(COc1cccc([N+](=O)[O-])c1)=N\O. The van der Waals surface area contributed by atoms with Gasteiger partial charge in [0.15, 0.2) is 5.84 Å². The number of nitrogens with two attached hydrogens (primary N) is 1. The van der Waals surface area contributed by atoms with Gasteiger partial charge in [0.25, 0.3) is 5.69 Å². The van der Waals surface area contributed by atoms with Gasteiger partial charge in [-0.1, -0.05) is 11.2 Å². The highest BCUT2D eigenvalue weighted by atomic mass is 16.6. The van der Waals surface area contributed by atoms with E-state index in [9.17, 15) is 10.1 Å². The second-order valence-electron chi connectivity index (χ2n) is 2.63. The lowest BCUT2D eigenvalue weighted by atomic mass is 10.3. The predicted octanol–water partition coefficient (Wildman–Crippen LogP) is 0.720. The number of rotatable bonds is 4. The number of benzene rings is 1. The Morgan fingerprint density at radius 2 is 2.40 bits per heavy atom. The van der Waals surface area contributed by atoms with Crippen molar-refractivity contribution < 1.29 is 14.9 Å². The third kappa shape index (κ3) is 3.14. The molecule has 80 valence electrons. The van der Waals surface area contributed by atoms with Crippen LogP contribution in [0.1, 0.15) is 0 Å². The number of non-ortho nitro benzene ring substituents is 1. The number of oxime groups is 1. The van der Waals surface area contributed by atoms with E-state index in [2.05, 4.69) is 5.16 Å². The normalized spacial score (nSPS) is 11.1. The molecule has 15 heavy (non-hydrogen) atoms. The smallest absolute Gasteiger partial charge is 0.273 e. The number of nitrogens with zero attached hydrogens (tertiary/aromatic N) is 2. The Hall–Kier alpha value is -2.31. The molecule has 0 amide bonds. The molecule has 0 fully saturated rings. The lowest BCUT2D eigenvalue weighted by molar-refractivity contribution is -0.384. The average Bonchev–Trinajstić information content (AvgIpc) is 2.26. The van der Waals surface area contributed by atoms with Crippen molar-refractivity contribution in [2.75, 3.05) is 6.61 Å². The Bertz CT molecular complexity index is 391. The van der Waals surface area contributed by atoms with Crippen LogP contribution in [0.4, 0.5) is 5.69 Å². The summed E-state index contributed by atoms with van der Waals surface area (Å²) >= 11 is 0. The molecule has 0 radical (unpaired) electrons. The van der Waals surface area contributed by atoms with Crippen molar-refractivity contribution in [3.8, 4) is 5.75 Å². The van der Waals surface area contributed by atoms with E-state index < -0.39 is 4.92 Å². The summed E-state index contributed by atoms with van der Waals surface area (Å²) in [6, 6.07) is 5.62. The van der Waals surface area contributed by atoms with E-state index in [4.69, 9.17) is 15.7 Å². The molecule has 1 aromatic rings. The standard InChI is InChI=1S/C8H9N3O4/c9-8(10-12)5-15-7-3-1-2-6(4-7)11(13)14/h1-4,12H,5H2,(H2,9,10). The molecule has 0 heterocycles. The van der Waals surface area contributed by atoms with Crippen LogP contribution in [0.5, 0.6) is 5.75 Å². The van der Waals surface area contributed by atoms with E-state index in [1.165, 1.54) is 24.3 Å². The zero-order valence-electron chi connectivity index (χ0n) is 7.66. The molecule has 0 aliphatic heterocycles. The molecule has 1 aromatic carbocycles. The molecule has 0 saturated carbocycles. The summed E-state index contributed by atoms with van der Waals surface area (Å²) in [4.78, 5) is 9.88. The summed E-state index contributed by atoms with van der Waals surface area (Å²) in [6.07, 6.45) is 0. The van der Waals surface area contributed by atoms with Crippen molar-refractivity contribution in [1.82, 2.24) is 0 Å². The van der Waals surface area contributed by atoms with Crippen LogP contribution in [0.15, 0.2) is 29.4 Å². The molecule has 0 atom stereocenters. The van der Waals surface area contributed by atoms with Crippen molar-refractivity contribution in [3.63, 3.8) is 0 Å². The number of hydrogen-bond acceptors (Lipinski definition) is 5. The molecule has 0 unspecified atom stereocenters. The third-order valence-electron chi connectivity index (χ3n) is 1.54. The van der Waals surface area contributed by atoms with Crippen molar-refractivity contribution in [1.29, 1.82) is 0 Å². The second-order valence-corrected chi connectivity index (χ2v) is 2.63. The van der Waals surface area contributed by atoms with Gasteiger partial charge in [0, 0.05) is 6.07 Å². The minimum Gasteiger partial charge on any atom is -0.485 e. The first-order valence-electron chi connectivity index (χ1n) is 3.97. The molecule has 3 N–H and O–H groups in total. The number of nitro benzene ring substituents is 1. The van der Waals surface area contributed by atoms with Crippen LogP contribution in [0.25, 0.3) is 0 Å². The van der Waals surface area contributed by atoms with Crippen molar-refractivity contribution >= 4 is 11.5 Å². The van der Waals surface area contributed by atoms with Gasteiger partial charge in [0.2, 0.25) is 0 Å². The zero-order valence-corrected chi connectivity index (χ0v) is 7.66. The quantitative estimate of drug-likeness (QED) is 0.250. The van der Waals surface area contributed by atoms with Crippen LogP contribution in [0.2, 0.25) is 0 Å². The van der Waals surface area contributed by atoms with Crippen LogP contribution >= 0.6 is 0 Å². The molecule has 7 heteroatoms. The maximum Gasteiger partial charge on any atom is 0.273 e. The molecular weight excluding hydrogens is 202 g/mol. The van der Waals surface area contributed by atoms with Crippen LogP contribution in [-0.4, -0.2) is 22.6 Å². The van der Waals surface area contributed by atoms with Gasteiger partial charge in [-0.25, -0.2) is 0 Å². The van der Waals surface area contributed by atoms with E-state index in [1.807, 2.05) is 0 Å². The summed E-state index contributed by atoms with van der Waals surface area (Å²) in [5.41, 5.74) is 5.08. The summed E-state index contributed by atoms with van der Waals surface area (Å²) in [5, 5.41) is 21.3. The molecular formula is C8H9N3O4. The molecule has 1 rings (SSSR count). The number of hydrogen-bond donors (Lipinski definition) is 2. The van der Waals surface area contributed by atoms with Gasteiger partial charge in [0.05, 0.1) is 11.0 Å². The Balaban J connectivity index is 2.70. The highest BCUT2D eigenvalue weighted by Crippen LogP contribution is 2.18. The van der Waals surface area contributed by atoms with Gasteiger partial charge in [-0.3, -0.25) is 10.1 Å². The Labute approximate surface area is 84.9 Å². The first-order chi connectivity index (χ1) is 7.13. The number of nitro groups is 1. The van der Waals surface area contributed by atoms with Crippen molar-refractivity contribution in [3.05, 3.63) is 34.4 Å². The molecule has 0 aliphatic carbocycles. The molecule has 0 aliphatic rings. The fraction of sp³-hybridized carbons (Fsp3) is 0.125. The summed E-state index contributed by atoms with van der Waals surface area (Å²) < 4.78 is 5.03. The maximum atomic E-state index is 10.4. The van der Waals surface area contributed by atoms with Gasteiger partial charge >= 0.3 is 0 Å². The van der Waals surface area contributed by atoms with Crippen LogP contribution in [0.3, 0.4) is 0 Å². The van der Waals surface area contributed by atoms with E-state index in [0.717, 1.165) is 0 Å². The van der Waals surface area contributed by atoms with E-state index in [0.29, 0.717) is 0 Å². The molecule has 0 aromatic heterocycles. The van der Waals surface area contributed by atoms with Crippen LogP contribution in [0, 0.1) is 10.1 Å². The van der Waals surface area contributed by atoms with Gasteiger partial charge in [-0.05, 0) is 6.07 Å². The fourth-order valence-electron chi connectivity index (χ4n) is 0.873. The maximum absolute atomic E-state index is 10.4. The van der Waals surface area contributed by atoms with Crippen molar-refractivity contribution in [2.24, 2.45) is 10.9 Å². The Morgan fingerprint density at radius 3 is 3.00 bits per heavy atom. The van der Waals surface area contributed by atoms with E-state index >= 15 is 0 Å². The molecule has 7 nitrogen and oxygen atoms in total. The first-order valence-corrected chi connectivity index (χ1v) is 3.97. The number of amidine groups is 1. The average molecular weight is 211 g/mol. The molecule has 0 bridgehead atoms. The lowest BCUT2D eigenvalue weighted by Crippen LogP contribution is -2.20. The lowest BCUT2D eigenvalue weighted by Gasteiger charge is -2.03. The molecule has 0 saturated heterocycles. The second kappa shape index (κ2) is 4.80. The third-order valence-corrected chi connectivity index (χ3v) is 1.54. The highest BCUT2D eigenvalue weighted by molar-refractivity contribution is 5.81. The van der Waals surface area contributed by atoms with Gasteiger partial charge in [0.1, 0.15) is 12.4 Å². The minimum atomic E-state index is -0.531. The fourth-order valence-corrected chi connectivity index (χ4v) is 0.873. The largest absolute Gasteiger partial charge is 0.485 e. The van der Waals surface area contributed by atoms with Gasteiger partial charge < -0.3 is 15.7 Å². The van der Waals surface area contributed by atoms with Crippen LogP contribution < -0.4 is 10.5 Å². The van der Waals surface area contributed by atoms with E-state index in [1.54, 1.807) is 0 Å². The first kappa shape index (κ1) is 10.8. The topological polar surface area (TPSA) is 111 Å². The monoisotopic (exact) mass is 211 g/mol. The Kier molecular flexibility index (Phi) is 3.44.